The molecule has 1 aromatic heterocycles. The molecule has 0 bridgehead atoms. The Kier molecular flexibility index (Phi) is 4.69. The largest absolute Gasteiger partial charge is 0.352 e. The van der Waals surface area contributed by atoms with Crippen molar-refractivity contribution < 1.29 is 0 Å². The van der Waals surface area contributed by atoms with Gasteiger partial charge < -0.3 is 4.90 Å². The van der Waals surface area contributed by atoms with Crippen molar-refractivity contribution in [1.82, 2.24) is 4.98 Å². The lowest BCUT2D eigenvalue weighted by atomic mass is 10.2. The fourth-order valence-electron chi connectivity index (χ4n) is 2.47. The molecule has 0 amide bonds. The summed E-state index contributed by atoms with van der Waals surface area (Å²) in [6.07, 6.45) is 7.10. The second kappa shape index (κ2) is 6.05. The van der Waals surface area contributed by atoms with E-state index in [0.29, 0.717) is 11.9 Å². The van der Waals surface area contributed by atoms with Crippen LogP contribution in [0, 0.1) is 6.92 Å². The van der Waals surface area contributed by atoms with Crippen LogP contribution in [0.5, 0.6) is 0 Å². The summed E-state index contributed by atoms with van der Waals surface area (Å²) in [6, 6.07) is 2.77. The Hall–Kier alpha value is -0.280. The summed E-state index contributed by atoms with van der Waals surface area (Å²) in [7, 11) is 0. The first kappa shape index (κ1) is 13.2. The van der Waals surface area contributed by atoms with Gasteiger partial charge in [-0.15, -0.1) is 11.6 Å². The third kappa shape index (κ3) is 3.14. The van der Waals surface area contributed by atoms with Crippen LogP contribution >= 0.6 is 27.5 Å². The normalized spacial score (nSPS) is 16.4. The third-order valence-corrected chi connectivity index (χ3v) is 4.42. The van der Waals surface area contributed by atoms with Crippen molar-refractivity contribution in [2.75, 3.05) is 17.3 Å². The smallest absolute Gasteiger partial charge is 0.129 e. The highest BCUT2D eigenvalue weighted by Crippen LogP contribution is 2.28. The van der Waals surface area contributed by atoms with Gasteiger partial charge in [0.2, 0.25) is 0 Å². The third-order valence-electron chi connectivity index (χ3n) is 3.42. The Morgan fingerprint density at radius 1 is 1.47 bits per heavy atom. The lowest BCUT2D eigenvalue weighted by molar-refractivity contribution is 0.614. The van der Waals surface area contributed by atoms with Crippen LogP contribution in [0.15, 0.2) is 16.7 Å². The predicted molar refractivity (Wildman–Crippen MR) is 77.0 cm³/mol. The van der Waals surface area contributed by atoms with E-state index in [0.717, 1.165) is 16.8 Å². The number of anilines is 1. The van der Waals surface area contributed by atoms with Crippen molar-refractivity contribution in [3.8, 4) is 0 Å². The van der Waals surface area contributed by atoms with Gasteiger partial charge in [0.15, 0.2) is 0 Å². The highest BCUT2D eigenvalue weighted by molar-refractivity contribution is 9.10. The average molecular weight is 318 g/mol. The predicted octanol–water partition coefficient (Wildman–Crippen LogP) is 4.14. The van der Waals surface area contributed by atoms with Crippen molar-refractivity contribution in [3.05, 3.63) is 22.3 Å². The molecule has 1 aliphatic carbocycles. The minimum Gasteiger partial charge on any atom is -0.352 e. The minimum absolute atomic E-state index is 0.627. The van der Waals surface area contributed by atoms with Crippen LogP contribution in [-0.4, -0.2) is 23.5 Å². The molecule has 1 saturated carbocycles. The summed E-state index contributed by atoms with van der Waals surface area (Å²) in [5.74, 6) is 1.73. The molecule has 0 radical (unpaired) electrons. The zero-order valence-corrected chi connectivity index (χ0v) is 12.5. The molecule has 1 fully saturated rings. The maximum atomic E-state index is 5.92. The second-order valence-corrected chi connectivity index (χ2v) is 5.84. The molecule has 1 aromatic rings. The van der Waals surface area contributed by atoms with Crippen LogP contribution in [0.4, 0.5) is 5.82 Å². The molecule has 1 aliphatic rings. The van der Waals surface area contributed by atoms with Gasteiger partial charge in [-0.05, 0) is 47.3 Å². The van der Waals surface area contributed by atoms with Gasteiger partial charge in [0.05, 0.1) is 0 Å². The number of aryl methyl sites for hydroxylation is 1. The number of pyridine rings is 1. The monoisotopic (exact) mass is 316 g/mol. The Balaban J connectivity index is 2.21. The van der Waals surface area contributed by atoms with E-state index in [1.807, 2.05) is 6.20 Å². The number of nitrogens with zero attached hydrogens (tertiary/aromatic N) is 2. The van der Waals surface area contributed by atoms with Crippen LogP contribution in [0.3, 0.4) is 0 Å². The maximum Gasteiger partial charge on any atom is 0.129 e. The number of rotatable bonds is 4. The van der Waals surface area contributed by atoms with Gasteiger partial charge in [-0.1, -0.05) is 12.8 Å². The van der Waals surface area contributed by atoms with Gasteiger partial charge in [0, 0.05) is 29.1 Å². The molecule has 0 unspecified atom stereocenters. The summed E-state index contributed by atoms with van der Waals surface area (Å²) in [5, 5.41) is 0. The molecule has 4 heteroatoms. The molecule has 0 atom stereocenters. The van der Waals surface area contributed by atoms with Crippen LogP contribution in [0.25, 0.3) is 0 Å². The lowest BCUT2D eigenvalue weighted by Crippen LogP contribution is -2.35. The molecule has 1 heterocycles. The van der Waals surface area contributed by atoms with E-state index in [2.05, 4.69) is 38.8 Å². The molecule has 0 aliphatic heterocycles. The summed E-state index contributed by atoms with van der Waals surface area (Å²) in [4.78, 5) is 6.90. The Morgan fingerprint density at radius 3 is 2.76 bits per heavy atom. The topological polar surface area (TPSA) is 16.1 Å². The number of hydrogen-bond acceptors (Lipinski definition) is 2. The molecule has 0 aromatic carbocycles. The zero-order chi connectivity index (χ0) is 12.3. The fourth-order valence-corrected chi connectivity index (χ4v) is 2.87. The van der Waals surface area contributed by atoms with Crippen LogP contribution in [0.2, 0.25) is 0 Å². The van der Waals surface area contributed by atoms with E-state index < -0.39 is 0 Å². The number of halogens is 2. The summed E-state index contributed by atoms with van der Waals surface area (Å²) >= 11 is 9.41. The zero-order valence-electron chi connectivity index (χ0n) is 10.1. The second-order valence-electron chi connectivity index (χ2n) is 4.61. The van der Waals surface area contributed by atoms with Gasteiger partial charge in [0.25, 0.3) is 0 Å². The highest BCUT2D eigenvalue weighted by Gasteiger charge is 2.23. The molecule has 94 valence electrons. The average Bonchev–Trinajstić information content (AvgIpc) is 2.83. The van der Waals surface area contributed by atoms with E-state index in [1.54, 1.807) is 0 Å². The molecule has 2 nitrogen and oxygen atoms in total. The molecule has 2 rings (SSSR count). The van der Waals surface area contributed by atoms with Crippen molar-refractivity contribution in [3.63, 3.8) is 0 Å². The SMILES string of the molecule is Cc1cc(N(CCCl)C2CCCC2)ncc1Br. The molecule has 0 saturated heterocycles. The molecular formula is C13H18BrClN2. The standard InChI is InChI=1S/C13H18BrClN2/c1-10-8-13(16-9-12(10)14)17(7-6-15)11-4-2-3-5-11/h8-9,11H,2-7H2,1H3. The van der Waals surface area contributed by atoms with E-state index in [1.165, 1.54) is 31.2 Å². The van der Waals surface area contributed by atoms with Gasteiger partial charge in [-0.3, -0.25) is 0 Å². The van der Waals surface area contributed by atoms with Crippen molar-refractivity contribution in [1.29, 1.82) is 0 Å². The number of aromatic nitrogens is 1. The van der Waals surface area contributed by atoms with Gasteiger partial charge >= 0.3 is 0 Å². The van der Waals surface area contributed by atoms with E-state index in [4.69, 9.17) is 11.6 Å². The quantitative estimate of drug-likeness (QED) is 0.776. The summed E-state index contributed by atoms with van der Waals surface area (Å²) < 4.78 is 1.07. The molecule has 17 heavy (non-hydrogen) atoms. The fraction of sp³-hybridized carbons (Fsp3) is 0.615. The number of hydrogen-bond donors (Lipinski definition) is 0. The minimum atomic E-state index is 0.627. The first-order chi connectivity index (χ1) is 8.22. The summed E-state index contributed by atoms with van der Waals surface area (Å²) in [6.45, 7) is 2.99. The van der Waals surface area contributed by atoms with E-state index in [9.17, 15) is 0 Å². The van der Waals surface area contributed by atoms with Crippen molar-refractivity contribution in [2.24, 2.45) is 0 Å². The van der Waals surface area contributed by atoms with Crippen molar-refractivity contribution >= 4 is 33.3 Å². The Labute approximate surface area is 116 Å². The Bertz CT molecular complexity index is 378. The molecule has 0 N–H and O–H groups in total. The number of alkyl halides is 1. The highest BCUT2D eigenvalue weighted by atomic mass is 79.9. The first-order valence-electron chi connectivity index (χ1n) is 6.17. The van der Waals surface area contributed by atoms with E-state index >= 15 is 0 Å². The van der Waals surface area contributed by atoms with Crippen LogP contribution in [-0.2, 0) is 0 Å². The lowest BCUT2D eigenvalue weighted by Gasteiger charge is -2.29. The van der Waals surface area contributed by atoms with Gasteiger partial charge in [-0.25, -0.2) is 4.98 Å². The Morgan fingerprint density at radius 2 is 2.18 bits per heavy atom. The van der Waals surface area contributed by atoms with Gasteiger partial charge in [-0.2, -0.15) is 0 Å². The van der Waals surface area contributed by atoms with Gasteiger partial charge in [0.1, 0.15) is 5.82 Å². The van der Waals surface area contributed by atoms with Crippen molar-refractivity contribution in [2.45, 2.75) is 38.6 Å². The van der Waals surface area contributed by atoms with Crippen LogP contribution < -0.4 is 4.90 Å². The first-order valence-corrected chi connectivity index (χ1v) is 7.50. The summed E-state index contributed by atoms with van der Waals surface area (Å²) in [5.41, 5.74) is 1.23. The van der Waals surface area contributed by atoms with E-state index in [-0.39, 0.29) is 0 Å². The van der Waals surface area contributed by atoms with Crippen LogP contribution in [0.1, 0.15) is 31.2 Å². The molecule has 0 spiro atoms. The maximum absolute atomic E-state index is 5.92. The molecular weight excluding hydrogens is 300 g/mol.